The van der Waals surface area contributed by atoms with E-state index in [2.05, 4.69) is 6.92 Å². The molecule has 0 aliphatic carbocycles. The van der Waals surface area contributed by atoms with E-state index >= 15 is 0 Å². The van der Waals surface area contributed by atoms with Crippen LogP contribution in [0.1, 0.15) is 13.8 Å². The van der Waals surface area contributed by atoms with Gasteiger partial charge in [-0.25, -0.2) is 0 Å². The van der Waals surface area contributed by atoms with E-state index in [0.717, 1.165) is 19.7 Å². The zero-order valence-electron chi connectivity index (χ0n) is 8.19. The molecule has 2 unspecified atom stereocenters. The normalized spacial score (nSPS) is 28.0. The van der Waals surface area contributed by atoms with Gasteiger partial charge in [0.15, 0.2) is 0 Å². The maximum atomic E-state index is 10.7. The number of hydrogen-bond donors (Lipinski definition) is 1. The van der Waals surface area contributed by atoms with Gasteiger partial charge in [0.25, 0.3) is 0 Å². The Balaban J connectivity index is 2.51. The van der Waals surface area contributed by atoms with Crippen LogP contribution >= 0.6 is 0 Å². The summed E-state index contributed by atoms with van der Waals surface area (Å²) in [5, 5.41) is 8.83. The molecule has 1 rings (SSSR count). The first-order valence-electron chi connectivity index (χ1n) is 4.66. The molecule has 1 N–H and O–H groups in total. The number of ether oxygens (including phenoxy) is 1. The summed E-state index contributed by atoms with van der Waals surface area (Å²) in [4.78, 5) is 12.7. The van der Waals surface area contributed by atoms with Crippen molar-refractivity contribution in [1.29, 1.82) is 0 Å². The molecule has 0 spiro atoms. The summed E-state index contributed by atoms with van der Waals surface area (Å²) in [7, 11) is 0. The third-order valence-electron chi connectivity index (χ3n) is 2.38. The molecule has 0 aromatic carbocycles. The predicted octanol–water partition coefficient (Wildman–Crippen LogP) is 0.428. The Morgan fingerprint density at radius 1 is 1.69 bits per heavy atom. The molecule has 1 heterocycles. The van der Waals surface area contributed by atoms with Crippen LogP contribution in [0.5, 0.6) is 0 Å². The van der Waals surface area contributed by atoms with Crippen molar-refractivity contribution < 1.29 is 14.6 Å². The number of carboxylic acid groups (broad SMARTS) is 1. The quantitative estimate of drug-likeness (QED) is 0.681. The average Bonchev–Trinajstić information content (AvgIpc) is 2.28. The van der Waals surface area contributed by atoms with Gasteiger partial charge in [0.2, 0.25) is 0 Å². The fourth-order valence-electron chi connectivity index (χ4n) is 1.52. The monoisotopic (exact) mass is 187 g/mol. The van der Waals surface area contributed by atoms with Crippen molar-refractivity contribution in [2.75, 3.05) is 26.3 Å². The summed E-state index contributed by atoms with van der Waals surface area (Å²) < 4.78 is 5.33. The van der Waals surface area contributed by atoms with E-state index in [1.54, 1.807) is 6.92 Å². The zero-order chi connectivity index (χ0) is 9.84. The van der Waals surface area contributed by atoms with Crippen LogP contribution in [-0.4, -0.2) is 48.3 Å². The lowest BCUT2D eigenvalue weighted by Gasteiger charge is -2.25. The molecule has 1 saturated heterocycles. The highest BCUT2D eigenvalue weighted by Crippen LogP contribution is 2.09. The Kier molecular flexibility index (Phi) is 3.69. The first-order valence-corrected chi connectivity index (χ1v) is 4.66. The molecule has 76 valence electrons. The van der Waals surface area contributed by atoms with Gasteiger partial charge in [-0.15, -0.1) is 0 Å². The number of carboxylic acids is 1. The maximum absolute atomic E-state index is 10.7. The van der Waals surface area contributed by atoms with Crippen LogP contribution in [0, 0.1) is 5.92 Å². The smallest absolute Gasteiger partial charge is 0.320 e. The van der Waals surface area contributed by atoms with Crippen LogP contribution in [0.2, 0.25) is 0 Å². The number of aliphatic carboxylic acids is 1. The Hall–Kier alpha value is -0.610. The highest BCUT2D eigenvalue weighted by molar-refractivity contribution is 5.72. The first-order chi connectivity index (χ1) is 6.11. The van der Waals surface area contributed by atoms with Crippen LogP contribution in [0.3, 0.4) is 0 Å². The number of hydrogen-bond acceptors (Lipinski definition) is 3. The second-order valence-electron chi connectivity index (χ2n) is 3.69. The molecule has 0 aromatic heterocycles. The van der Waals surface area contributed by atoms with Crippen molar-refractivity contribution in [3.05, 3.63) is 0 Å². The summed E-state index contributed by atoms with van der Waals surface area (Å²) in [6, 6.07) is -0.399. The molecule has 0 radical (unpaired) electrons. The highest BCUT2D eigenvalue weighted by Gasteiger charge is 2.23. The first kappa shape index (κ1) is 10.5. The minimum absolute atomic E-state index is 0.399. The molecular weight excluding hydrogens is 170 g/mol. The minimum atomic E-state index is -0.755. The predicted molar refractivity (Wildman–Crippen MR) is 48.7 cm³/mol. The molecule has 0 bridgehead atoms. The molecule has 0 amide bonds. The second-order valence-corrected chi connectivity index (χ2v) is 3.69. The molecule has 13 heavy (non-hydrogen) atoms. The SMILES string of the molecule is CC1COCCN(C(C)C(=O)O)C1. The van der Waals surface area contributed by atoms with Crippen molar-refractivity contribution in [1.82, 2.24) is 4.90 Å². The Labute approximate surface area is 78.5 Å². The molecule has 4 heteroatoms. The third-order valence-corrected chi connectivity index (χ3v) is 2.38. The lowest BCUT2D eigenvalue weighted by atomic mass is 10.1. The molecule has 1 aliphatic rings. The molecular formula is C9H17NO3. The summed E-state index contributed by atoms with van der Waals surface area (Å²) in [5.41, 5.74) is 0. The molecule has 0 aromatic rings. The van der Waals surface area contributed by atoms with Crippen molar-refractivity contribution in [3.8, 4) is 0 Å². The van der Waals surface area contributed by atoms with Crippen LogP contribution in [0.25, 0.3) is 0 Å². The Bertz CT molecular complexity index is 184. The van der Waals surface area contributed by atoms with E-state index in [-0.39, 0.29) is 0 Å². The summed E-state index contributed by atoms with van der Waals surface area (Å²) >= 11 is 0. The van der Waals surface area contributed by atoms with Gasteiger partial charge < -0.3 is 9.84 Å². The highest BCUT2D eigenvalue weighted by atomic mass is 16.5. The van der Waals surface area contributed by atoms with Gasteiger partial charge >= 0.3 is 5.97 Å². The van der Waals surface area contributed by atoms with Gasteiger partial charge in [-0.3, -0.25) is 9.69 Å². The lowest BCUT2D eigenvalue weighted by Crippen LogP contribution is -2.41. The lowest BCUT2D eigenvalue weighted by molar-refractivity contribution is -0.142. The van der Waals surface area contributed by atoms with Crippen LogP contribution in [0.15, 0.2) is 0 Å². The largest absolute Gasteiger partial charge is 0.480 e. The van der Waals surface area contributed by atoms with E-state index < -0.39 is 12.0 Å². The number of carbonyl (C=O) groups is 1. The second kappa shape index (κ2) is 4.58. The van der Waals surface area contributed by atoms with E-state index in [4.69, 9.17) is 9.84 Å². The fraction of sp³-hybridized carbons (Fsp3) is 0.889. The van der Waals surface area contributed by atoms with Gasteiger partial charge in [-0.2, -0.15) is 0 Å². The maximum Gasteiger partial charge on any atom is 0.320 e. The molecule has 0 saturated carbocycles. The van der Waals surface area contributed by atoms with Crippen molar-refractivity contribution in [3.63, 3.8) is 0 Å². The summed E-state index contributed by atoms with van der Waals surface area (Å²) in [6.45, 7) is 6.71. The van der Waals surface area contributed by atoms with Crippen molar-refractivity contribution >= 4 is 5.97 Å². The van der Waals surface area contributed by atoms with Crippen molar-refractivity contribution in [2.24, 2.45) is 5.92 Å². The van der Waals surface area contributed by atoms with Gasteiger partial charge in [0, 0.05) is 13.1 Å². The Morgan fingerprint density at radius 2 is 2.38 bits per heavy atom. The van der Waals surface area contributed by atoms with E-state index in [1.807, 2.05) is 4.90 Å². The zero-order valence-corrected chi connectivity index (χ0v) is 8.19. The molecule has 4 nitrogen and oxygen atoms in total. The van der Waals surface area contributed by atoms with Gasteiger partial charge in [-0.1, -0.05) is 6.92 Å². The molecule has 1 aliphatic heterocycles. The van der Waals surface area contributed by atoms with Crippen LogP contribution < -0.4 is 0 Å². The average molecular weight is 187 g/mol. The third kappa shape index (κ3) is 2.97. The standard InChI is InChI=1S/C9H17NO3/c1-7-5-10(3-4-13-6-7)8(2)9(11)12/h7-8H,3-6H2,1-2H3,(H,11,12). The molecule has 1 fully saturated rings. The van der Waals surface area contributed by atoms with Crippen molar-refractivity contribution in [2.45, 2.75) is 19.9 Å². The summed E-state index contributed by atoms with van der Waals surface area (Å²) in [6.07, 6.45) is 0. The van der Waals surface area contributed by atoms with Crippen LogP contribution in [0.4, 0.5) is 0 Å². The van der Waals surface area contributed by atoms with Gasteiger partial charge in [0.1, 0.15) is 6.04 Å². The van der Waals surface area contributed by atoms with E-state index in [1.165, 1.54) is 0 Å². The number of nitrogens with zero attached hydrogens (tertiary/aromatic N) is 1. The fourth-order valence-corrected chi connectivity index (χ4v) is 1.52. The Morgan fingerprint density at radius 3 is 3.00 bits per heavy atom. The van der Waals surface area contributed by atoms with E-state index in [9.17, 15) is 4.79 Å². The van der Waals surface area contributed by atoms with E-state index in [0.29, 0.717) is 12.5 Å². The van der Waals surface area contributed by atoms with Gasteiger partial charge in [0.05, 0.1) is 13.2 Å². The minimum Gasteiger partial charge on any atom is -0.480 e. The number of rotatable bonds is 2. The summed E-state index contributed by atoms with van der Waals surface area (Å²) in [5.74, 6) is -0.335. The molecule has 2 atom stereocenters. The van der Waals surface area contributed by atoms with Gasteiger partial charge in [-0.05, 0) is 12.8 Å². The topological polar surface area (TPSA) is 49.8 Å². The van der Waals surface area contributed by atoms with Crippen LogP contribution in [-0.2, 0) is 9.53 Å².